The van der Waals surface area contributed by atoms with Crippen molar-refractivity contribution >= 4 is 0 Å². The third kappa shape index (κ3) is 7.62. The number of rotatable bonds is 12. The monoisotopic (exact) mass is 424 g/mol. The molecule has 0 fully saturated rings. The maximum atomic E-state index is 14.1. The second-order valence-corrected chi connectivity index (χ2v) is 8.46. The van der Waals surface area contributed by atoms with E-state index < -0.39 is 6.10 Å². The second kappa shape index (κ2) is 11.8. The Hall–Kier alpha value is -2.47. The van der Waals surface area contributed by atoms with E-state index in [1.807, 2.05) is 54.7 Å². The van der Waals surface area contributed by atoms with Crippen LogP contribution in [0.3, 0.4) is 0 Å². The molecule has 0 aliphatic carbocycles. The first kappa shape index (κ1) is 23.2. The van der Waals surface area contributed by atoms with Crippen LogP contribution in [0, 0.1) is 11.7 Å². The lowest BCUT2D eigenvalue weighted by Gasteiger charge is -2.27. The van der Waals surface area contributed by atoms with Crippen molar-refractivity contribution in [1.29, 1.82) is 0 Å². The van der Waals surface area contributed by atoms with E-state index in [0.29, 0.717) is 44.3 Å². The summed E-state index contributed by atoms with van der Waals surface area (Å²) in [7, 11) is 0. The largest absolute Gasteiger partial charge is 0.389 e. The summed E-state index contributed by atoms with van der Waals surface area (Å²) in [5.74, 6) is 0.277. The molecule has 5 heteroatoms. The van der Waals surface area contributed by atoms with Crippen LogP contribution in [0.2, 0.25) is 0 Å². The molecule has 0 amide bonds. The summed E-state index contributed by atoms with van der Waals surface area (Å²) in [6.45, 7) is 7.70. The maximum Gasteiger partial charge on any atom is 0.128 e. The molecule has 3 rings (SSSR count). The maximum absolute atomic E-state index is 14.1. The Kier molecular flexibility index (Phi) is 8.83. The molecule has 31 heavy (non-hydrogen) atoms. The molecule has 0 saturated heterocycles. The molecule has 0 aliphatic heterocycles. The molecular weight excluding hydrogens is 391 g/mol. The summed E-state index contributed by atoms with van der Waals surface area (Å²) in [5.41, 5.74) is 2.87. The van der Waals surface area contributed by atoms with Gasteiger partial charge in [-0.25, -0.2) is 4.39 Å². The minimum absolute atomic E-state index is 0.188. The van der Waals surface area contributed by atoms with Crippen molar-refractivity contribution in [2.75, 3.05) is 19.7 Å². The standard InChI is InChI=1S/C26H33FN2O2/c1-21(2)15-28(18-25(30)20-31-19-22-9-4-3-5-10-22)17-24-12-8-14-29(24)16-23-11-6-7-13-26(23)27/h3-14,21,25,30H,15-20H2,1-2H3/t25-/m1/s1. The third-order valence-electron chi connectivity index (χ3n) is 5.12. The van der Waals surface area contributed by atoms with Gasteiger partial charge in [-0.3, -0.25) is 4.90 Å². The zero-order chi connectivity index (χ0) is 22.1. The minimum Gasteiger partial charge on any atom is -0.389 e. The normalized spacial score (nSPS) is 12.6. The van der Waals surface area contributed by atoms with Gasteiger partial charge in [0, 0.05) is 37.1 Å². The van der Waals surface area contributed by atoms with Gasteiger partial charge in [0.25, 0.3) is 0 Å². The van der Waals surface area contributed by atoms with Crippen molar-refractivity contribution in [1.82, 2.24) is 9.47 Å². The molecule has 1 N–H and O–H groups in total. The highest BCUT2D eigenvalue weighted by Crippen LogP contribution is 2.14. The van der Waals surface area contributed by atoms with Crippen LogP contribution in [0.4, 0.5) is 4.39 Å². The zero-order valence-electron chi connectivity index (χ0n) is 18.5. The molecule has 1 heterocycles. The van der Waals surface area contributed by atoms with Gasteiger partial charge in [0.1, 0.15) is 5.82 Å². The Bertz CT molecular complexity index is 911. The Labute approximate surface area is 184 Å². The smallest absolute Gasteiger partial charge is 0.128 e. The fourth-order valence-corrected chi connectivity index (χ4v) is 3.74. The number of ether oxygens (including phenoxy) is 1. The predicted molar refractivity (Wildman–Crippen MR) is 122 cm³/mol. The molecule has 4 nitrogen and oxygen atoms in total. The van der Waals surface area contributed by atoms with Gasteiger partial charge in [0.15, 0.2) is 0 Å². The number of halogens is 1. The highest BCUT2D eigenvalue weighted by molar-refractivity contribution is 5.19. The summed E-state index contributed by atoms with van der Waals surface area (Å²) in [5, 5.41) is 10.6. The summed E-state index contributed by atoms with van der Waals surface area (Å²) in [4.78, 5) is 2.24. The lowest BCUT2D eigenvalue weighted by molar-refractivity contribution is 0.00644. The molecule has 0 aliphatic rings. The number of hydrogen-bond donors (Lipinski definition) is 1. The van der Waals surface area contributed by atoms with Crippen LogP contribution in [0.15, 0.2) is 72.9 Å². The first-order valence-corrected chi connectivity index (χ1v) is 10.9. The van der Waals surface area contributed by atoms with Crippen LogP contribution in [-0.4, -0.2) is 40.4 Å². The van der Waals surface area contributed by atoms with E-state index in [0.717, 1.165) is 17.8 Å². The van der Waals surface area contributed by atoms with Gasteiger partial charge in [-0.05, 0) is 29.7 Å². The summed E-state index contributed by atoms with van der Waals surface area (Å²) in [6, 6.07) is 20.9. The first-order valence-electron chi connectivity index (χ1n) is 10.9. The molecule has 0 saturated carbocycles. The van der Waals surface area contributed by atoms with Crippen LogP contribution >= 0.6 is 0 Å². The van der Waals surface area contributed by atoms with E-state index in [4.69, 9.17) is 4.74 Å². The number of benzene rings is 2. The van der Waals surface area contributed by atoms with Crippen molar-refractivity contribution in [3.63, 3.8) is 0 Å². The quantitative estimate of drug-likeness (QED) is 0.458. The zero-order valence-corrected chi connectivity index (χ0v) is 18.5. The van der Waals surface area contributed by atoms with Crippen molar-refractivity contribution in [3.8, 4) is 0 Å². The Morgan fingerprint density at radius 2 is 1.71 bits per heavy atom. The minimum atomic E-state index is -0.572. The number of aliphatic hydroxyl groups is 1. The van der Waals surface area contributed by atoms with Gasteiger partial charge < -0.3 is 14.4 Å². The summed E-state index contributed by atoms with van der Waals surface area (Å²) in [6.07, 6.45) is 1.41. The fraction of sp³-hybridized carbons (Fsp3) is 0.385. The van der Waals surface area contributed by atoms with Crippen LogP contribution in [0.25, 0.3) is 0 Å². The van der Waals surface area contributed by atoms with Gasteiger partial charge in [0.2, 0.25) is 0 Å². The summed E-state index contributed by atoms with van der Waals surface area (Å²) >= 11 is 0. The molecule has 1 atom stereocenters. The van der Waals surface area contributed by atoms with Gasteiger partial charge in [0.05, 0.1) is 25.9 Å². The highest BCUT2D eigenvalue weighted by atomic mass is 19.1. The van der Waals surface area contributed by atoms with Crippen molar-refractivity contribution in [2.24, 2.45) is 5.92 Å². The Morgan fingerprint density at radius 1 is 0.968 bits per heavy atom. The lowest BCUT2D eigenvalue weighted by atomic mass is 10.2. The first-order chi connectivity index (χ1) is 15.0. The average molecular weight is 425 g/mol. The van der Waals surface area contributed by atoms with Gasteiger partial charge in [-0.15, -0.1) is 0 Å². The Balaban J connectivity index is 1.57. The van der Waals surface area contributed by atoms with E-state index in [1.165, 1.54) is 6.07 Å². The lowest BCUT2D eigenvalue weighted by Crippen LogP contribution is -2.37. The van der Waals surface area contributed by atoms with Gasteiger partial charge in [-0.2, -0.15) is 0 Å². The highest BCUT2D eigenvalue weighted by Gasteiger charge is 2.16. The number of aromatic nitrogens is 1. The van der Waals surface area contributed by atoms with Gasteiger partial charge in [-0.1, -0.05) is 62.4 Å². The average Bonchev–Trinajstić information content (AvgIpc) is 3.16. The number of hydrogen-bond acceptors (Lipinski definition) is 3. The molecule has 0 spiro atoms. The molecule has 0 radical (unpaired) electrons. The predicted octanol–water partition coefficient (Wildman–Crippen LogP) is 4.71. The summed E-state index contributed by atoms with van der Waals surface area (Å²) < 4.78 is 21.9. The third-order valence-corrected chi connectivity index (χ3v) is 5.12. The number of aliphatic hydroxyl groups excluding tert-OH is 1. The van der Waals surface area contributed by atoms with Crippen molar-refractivity contribution < 1.29 is 14.2 Å². The fourth-order valence-electron chi connectivity index (χ4n) is 3.74. The molecule has 0 bridgehead atoms. The Morgan fingerprint density at radius 3 is 2.45 bits per heavy atom. The van der Waals surface area contributed by atoms with Crippen LogP contribution in [-0.2, 0) is 24.4 Å². The molecular formula is C26H33FN2O2. The van der Waals surface area contributed by atoms with Crippen LogP contribution in [0.1, 0.15) is 30.7 Å². The van der Waals surface area contributed by atoms with E-state index in [2.05, 4.69) is 29.4 Å². The van der Waals surface area contributed by atoms with E-state index in [9.17, 15) is 9.50 Å². The van der Waals surface area contributed by atoms with Crippen molar-refractivity contribution in [3.05, 3.63) is 95.6 Å². The SMILES string of the molecule is CC(C)CN(Cc1cccn1Cc1ccccc1F)C[C@@H](O)COCc1ccccc1. The van der Waals surface area contributed by atoms with Gasteiger partial charge >= 0.3 is 0 Å². The molecule has 166 valence electrons. The molecule has 0 unspecified atom stereocenters. The number of nitrogens with zero attached hydrogens (tertiary/aromatic N) is 2. The topological polar surface area (TPSA) is 37.6 Å². The van der Waals surface area contributed by atoms with Crippen LogP contribution in [0.5, 0.6) is 0 Å². The molecule has 1 aromatic heterocycles. The second-order valence-electron chi connectivity index (χ2n) is 8.46. The van der Waals surface area contributed by atoms with Crippen LogP contribution < -0.4 is 0 Å². The van der Waals surface area contributed by atoms with E-state index in [1.54, 1.807) is 6.07 Å². The van der Waals surface area contributed by atoms with E-state index in [-0.39, 0.29) is 5.82 Å². The molecule has 2 aromatic carbocycles. The van der Waals surface area contributed by atoms with E-state index >= 15 is 0 Å². The van der Waals surface area contributed by atoms with Crippen molar-refractivity contribution in [2.45, 2.75) is 39.6 Å². The molecule has 3 aromatic rings.